The zero-order valence-corrected chi connectivity index (χ0v) is 18.7. The quantitative estimate of drug-likeness (QED) is 0.338. The highest BCUT2D eigenvalue weighted by Gasteiger charge is 2.39. The summed E-state index contributed by atoms with van der Waals surface area (Å²) in [4.78, 5) is 18.4. The molecule has 1 aliphatic rings. The van der Waals surface area contributed by atoms with Crippen molar-refractivity contribution in [3.63, 3.8) is 0 Å². The number of aryl methyl sites for hydroxylation is 1. The number of hydrogen-bond acceptors (Lipinski definition) is 2. The van der Waals surface area contributed by atoms with E-state index < -0.39 is 0 Å². The summed E-state index contributed by atoms with van der Waals surface area (Å²) < 4.78 is 0. The fraction of sp³-hybridized carbons (Fsp3) is 0.296. The highest BCUT2D eigenvalue weighted by molar-refractivity contribution is 7.13. The number of thiophene rings is 1. The van der Waals surface area contributed by atoms with Crippen LogP contribution in [0.3, 0.4) is 0 Å². The number of aromatic nitrogens is 1. The first-order valence-corrected chi connectivity index (χ1v) is 11.8. The van der Waals surface area contributed by atoms with Gasteiger partial charge in [-0.15, -0.1) is 11.3 Å². The molecule has 0 saturated carbocycles. The number of H-pyrrole nitrogens is 1. The third-order valence-electron chi connectivity index (χ3n) is 6.53. The zero-order chi connectivity index (χ0) is 20.9. The lowest BCUT2D eigenvalue weighted by molar-refractivity contribution is 0.103. The monoisotopic (exact) mass is 413 g/mol. The van der Waals surface area contributed by atoms with Crippen LogP contribution in [0.15, 0.2) is 53.9 Å². The number of ketones is 1. The highest BCUT2D eigenvalue weighted by Crippen LogP contribution is 2.44. The summed E-state index contributed by atoms with van der Waals surface area (Å²) in [6.07, 6.45) is 4.75. The summed E-state index contributed by atoms with van der Waals surface area (Å²) in [5.41, 5.74) is 7.24. The molecule has 0 atom stereocenters. The van der Waals surface area contributed by atoms with Crippen molar-refractivity contribution in [1.82, 2.24) is 4.98 Å². The van der Waals surface area contributed by atoms with E-state index in [1.54, 1.807) is 11.3 Å². The van der Waals surface area contributed by atoms with Crippen LogP contribution in [0, 0.1) is 0 Å². The average molecular weight is 414 g/mol. The first-order chi connectivity index (χ1) is 14.5. The van der Waals surface area contributed by atoms with Crippen LogP contribution in [0.5, 0.6) is 0 Å². The smallest absolute Gasteiger partial charge is 0.195 e. The molecular weight excluding hydrogens is 386 g/mol. The number of nitrogens with one attached hydrogen (secondary N) is 1. The molecule has 0 spiro atoms. The van der Waals surface area contributed by atoms with Gasteiger partial charge in [-0.25, -0.2) is 0 Å². The standard InChI is InChI=1S/C27H27NOS/c1-4-5-6-8-17-10-12-19-21(15-17)27(2,3)26-24(25(19)29)20-13-11-18(16-22(20)28-26)23-9-7-14-30-23/h7,9-16,28H,4-6,8H2,1-3H3. The van der Waals surface area contributed by atoms with Gasteiger partial charge in [0.15, 0.2) is 5.78 Å². The van der Waals surface area contributed by atoms with Crippen molar-refractivity contribution in [1.29, 1.82) is 0 Å². The molecule has 2 aromatic heterocycles. The maximum absolute atomic E-state index is 13.5. The number of rotatable bonds is 5. The van der Waals surface area contributed by atoms with Gasteiger partial charge < -0.3 is 4.98 Å². The van der Waals surface area contributed by atoms with Gasteiger partial charge in [-0.05, 0) is 47.0 Å². The molecule has 0 unspecified atom stereocenters. The SMILES string of the molecule is CCCCCc1ccc2c(c1)C(C)(C)c1[nH]c3cc(-c4cccs4)ccc3c1C2=O. The van der Waals surface area contributed by atoms with Crippen molar-refractivity contribution in [2.75, 3.05) is 0 Å². The molecule has 0 amide bonds. The molecule has 2 aromatic carbocycles. The van der Waals surface area contributed by atoms with Crippen LogP contribution in [0.1, 0.15) is 72.8 Å². The maximum Gasteiger partial charge on any atom is 0.195 e. The third-order valence-corrected chi connectivity index (χ3v) is 7.45. The van der Waals surface area contributed by atoms with Gasteiger partial charge in [0, 0.05) is 32.5 Å². The fourth-order valence-electron chi connectivity index (χ4n) is 4.81. The molecule has 30 heavy (non-hydrogen) atoms. The molecule has 152 valence electrons. The first-order valence-electron chi connectivity index (χ1n) is 10.9. The number of fused-ring (bicyclic) bond motifs is 4. The number of benzene rings is 2. The van der Waals surface area contributed by atoms with Crippen LogP contribution in [0.4, 0.5) is 0 Å². The van der Waals surface area contributed by atoms with E-state index in [4.69, 9.17) is 0 Å². The van der Waals surface area contributed by atoms with Crippen LogP contribution in [0.2, 0.25) is 0 Å². The van der Waals surface area contributed by atoms with Gasteiger partial charge in [-0.1, -0.05) is 70.0 Å². The molecule has 5 rings (SSSR count). The molecule has 2 nitrogen and oxygen atoms in total. The van der Waals surface area contributed by atoms with E-state index in [0.717, 1.165) is 39.7 Å². The summed E-state index contributed by atoms with van der Waals surface area (Å²) in [5, 5.41) is 3.13. The molecule has 0 bridgehead atoms. The van der Waals surface area contributed by atoms with E-state index in [-0.39, 0.29) is 11.2 Å². The number of unbranched alkanes of at least 4 members (excludes halogenated alkanes) is 2. The van der Waals surface area contributed by atoms with Gasteiger partial charge in [0.1, 0.15) is 0 Å². The van der Waals surface area contributed by atoms with Gasteiger partial charge in [0.25, 0.3) is 0 Å². The molecule has 0 saturated heterocycles. The number of carbonyl (C=O) groups excluding carboxylic acids is 1. The van der Waals surface area contributed by atoms with Gasteiger partial charge in [-0.2, -0.15) is 0 Å². The Balaban J connectivity index is 1.62. The Morgan fingerprint density at radius 1 is 1.03 bits per heavy atom. The van der Waals surface area contributed by atoms with Crippen molar-refractivity contribution in [2.45, 2.75) is 51.9 Å². The summed E-state index contributed by atoms with van der Waals surface area (Å²) in [5.74, 6) is 0.148. The van der Waals surface area contributed by atoms with E-state index in [9.17, 15) is 4.79 Å². The van der Waals surface area contributed by atoms with Crippen molar-refractivity contribution >= 4 is 28.0 Å². The summed E-state index contributed by atoms with van der Waals surface area (Å²) in [6, 6.07) is 17.1. The van der Waals surface area contributed by atoms with Crippen molar-refractivity contribution < 1.29 is 4.79 Å². The normalized spacial score (nSPS) is 14.7. The topological polar surface area (TPSA) is 32.9 Å². The predicted molar refractivity (Wildman–Crippen MR) is 127 cm³/mol. The molecule has 3 heteroatoms. The molecular formula is C27H27NOS. The van der Waals surface area contributed by atoms with Crippen molar-refractivity contribution in [2.24, 2.45) is 0 Å². The molecule has 4 aromatic rings. The second-order valence-electron chi connectivity index (χ2n) is 8.90. The van der Waals surface area contributed by atoms with Gasteiger partial charge in [0.05, 0.1) is 5.56 Å². The second-order valence-corrected chi connectivity index (χ2v) is 9.85. The van der Waals surface area contributed by atoms with E-state index in [0.29, 0.717) is 0 Å². The fourth-order valence-corrected chi connectivity index (χ4v) is 5.53. The Hall–Kier alpha value is -2.65. The molecule has 0 radical (unpaired) electrons. The van der Waals surface area contributed by atoms with Crippen molar-refractivity contribution in [3.05, 3.63) is 81.9 Å². The largest absolute Gasteiger partial charge is 0.357 e. The third kappa shape index (κ3) is 2.95. The second kappa shape index (κ2) is 7.24. The summed E-state index contributed by atoms with van der Waals surface area (Å²) in [6.45, 7) is 6.71. The van der Waals surface area contributed by atoms with E-state index >= 15 is 0 Å². The van der Waals surface area contributed by atoms with Crippen LogP contribution in [-0.2, 0) is 11.8 Å². The Bertz CT molecular complexity index is 1240. The maximum atomic E-state index is 13.5. The lowest BCUT2D eigenvalue weighted by Gasteiger charge is -2.32. The predicted octanol–water partition coefficient (Wildman–Crippen LogP) is 7.50. The summed E-state index contributed by atoms with van der Waals surface area (Å²) in [7, 11) is 0. The average Bonchev–Trinajstić information content (AvgIpc) is 3.40. The Morgan fingerprint density at radius 3 is 2.67 bits per heavy atom. The molecule has 0 fully saturated rings. The number of carbonyl (C=O) groups is 1. The minimum absolute atomic E-state index is 0.148. The van der Waals surface area contributed by atoms with E-state index in [1.165, 1.54) is 35.3 Å². The molecule has 2 heterocycles. The van der Waals surface area contributed by atoms with Crippen molar-refractivity contribution in [3.8, 4) is 10.4 Å². The molecule has 1 aliphatic carbocycles. The molecule has 1 N–H and O–H groups in total. The minimum Gasteiger partial charge on any atom is -0.357 e. The lowest BCUT2D eigenvalue weighted by atomic mass is 9.70. The van der Waals surface area contributed by atoms with Crippen LogP contribution < -0.4 is 0 Å². The highest BCUT2D eigenvalue weighted by atomic mass is 32.1. The Labute approximate surface area is 182 Å². The van der Waals surface area contributed by atoms with E-state index in [1.807, 2.05) is 0 Å². The van der Waals surface area contributed by atoms with Gasteiger partial charge >= 0.3 is 0 Å². The number of hydrogen-bond donors (Lipinski definition) is 1. The van der Waals surface area contributed by atoms with Gasteiger partial charge in [-0.3, -0.25) is 4.79 Å². The van der Waals surface area contributed by atoms with Gasteiger partial charge in [0.2, 0.25) is 0 Å². The Kier molecular flexibility index (Phi) is 4.67. The lowest BCUT2D eigenvalue weighted by Crippen LogP contribution is -2.30. The number of aromatic amines is 1. The van der Waals surface area contributed by atoms with E-state index in [2.05, 4.69) is 79.7 Å². The summed E-state index contributed by atoms with van der Waals surface area (Å²) >= 11 is 1.74. The molecule has 0 aliphatic heterocycles. The Morgan fingerprint density at radius 2 is 1.90 bits per heavy atom. The van der Waals surface area contributed by atoms with Crippen LogP contribution in [-0.4, -0.2) is 10.8 Å². The van der Waals surface area contributed by atoms with Crippen LogP contribution >= 0.6 is 11.3 Å². The van der Waals surface area contributed by atoms with Crippen LogP contribution in [0.25, 0.3) is 21.3 Å². The zero-order valence-electron chi connectivity index (χ0n) is 17.8. The first kappa shape index (κ1) is 19.3. The minimum atomic E-state index is -0.235.